The Kier molecular flexibility index (Phi) is 5.30. The number of anilines is 1. The summed E-state index contributed by atoms with van der Waals surface area (Å²) in [6, 6.07) is 12.4. The van der Waals surface area contributed by atoms with Crippen molar-refractivity contribution in [2.24, 2.45) is 0 Å². The average molecular weight is 425 g/mol. The zero-order valence-electron chi connectivity index (χ0n) is 16.8. The fourth-order valence-corrected chi connectivity index (χ4v) is 4.00. The van der Waals surface area contributed by atoms with E-state index in [-0.39, 0.29) is 22.2 Å². The minimum Gasteiger partial charge on any atom is -0.353 e. The van der Waals surface area contributed by atoms with Crippen LogP contribution < -0.4 is 4.90 Å². The molecule has 1 aliphatic rings. The molecule has 0 atom stereocenters. The van der Waals surface area contributed by atoms with Crippen LogP contribution in [0.25, 0.3) is 10.9 Å². The number of aromatic nitrogens is 1. The van der Waals surface area contributed by atoms with E-state index in [1.165, 1.54) is 23.8 Å². The van der Waals surface area contributed by atoms with Gasteiger partial charge in [0, 0.05) is 43.2 Å². The quantitative estimate of drug-likeness (QED) is 0.460. The molecule has 1 saturated heterocycles. The number of hydrogen-bond donors (Lipinski definition) is 0. The summed E-state index contributed by atoms with van der Waals surface area (Å²) in [6.07, 6.45) is 0. The Morgan fingerprint density at radius 1 is 1.07 bits per heavy atom. The Morgan fingerprint density at radius 3 is 2.50 bits per heavy atom. The minimum absolute atomic E-state index is 0.0226. The first-order valence-corrected chi connectivity index (χ1v) is 10.1. The Balaban J connectivity index is 1.51. The number of amides is 1. The molecule has 1 amide bonds. The summed E-state index contributed by atoms with van der Waals surface area (Å²) in [5.74, 6) is 0.677. The number of pyridine rings is 1. The smallest absolute Gasteiger partial charge is 0.288 e. The van der Waals surface area contributed by atoms with Crippen molar-refractivity contribution in [1.29, 1.82) is 0 Å². The molecular weight excluding hydrogens is 404 g/mol. The second-order valence-corrected chi connectivity index (χ2v) is 7.88. The van der Waals surface area contributed by atoms with E-state index in [4.69, 9.17) is 16.6 Å². The molecule has 0 N–H and O–H groups in total. The van der Waals surface area contributed by atoms with Crippen molar-refractivity contribution >= 4 is 39.9 Å². The SMILES string of the molecule is Cc1cc(N2CCN(C(=O)c3ccc(Cl)c([N+](=O)[O-])c3)CC2)nc2c(C)cccc12. The summed E-state index contributed by atoms with van der Waals surface area (Å²) in [6.45, 7) is 6.46. The van der Waals surface area contributed by atoms with Crippen LogP contribution in [0.15, 0.2) is 42.5 Å². The highest BCUT2D eigenvalue weighted by Gasteiger charge is 2.25. The van der Waals surface area contributed by atoms with Gasteiger partial charge in [-0.2, -0.15) is 0 Å². The molecule has 1 aliphatic heterocycles. The molecule has 3 aromatic rings. The predicted octanol–water partition coefficient (Wildman–Crippen LogP) is 4.38. The van der Waals surface area contributed by atoms with Gasteiger partial charge >= 0.3 is 0 Å². The molecule has 0 spiro atoms. The Bertz CT molecular complexity index is 1160. The summed E-state index contributed by atoms with van der Waals surface area (Å²) in [5, 5.41) is 12.3. The van der Waals surface area contributed by atoms with Crippen molar-refractivity contribution in [3.8, 4) is 0 Å². The maximum atomic E-state index is 12.8. The van der Waals surface area contributed by atoms with Gasteiger partial charge in [0.1, 0.15) is 10.8 Å². The topological polar surface area (TPSA) is 79.6 Å². The van der Waals surface area contributed by atoms with Crippen molar-refractivity contribution in [3.05, 3.63) is 74.3 Å². The summed E-state index contributed by atoms with van der Waals surface area (Å²) in [7, 11) is 0. The molecule has 8 heteroatoms. The number of rotatable bonds is 3. The van der Waals surface area contributed by atoms with E-state index < -0.39 is 4.92 Å². The van der Waals surface area contributed by atoms with Crippen molar-refractivity contribution in [3.63, 3.8) is 0 Å². The van der Waals surface area contributed by atoms with Crippen LogP contribution in [0, 0.1) is 24.0 Å². The van der Waals surface area contributed by atoms with Gasteiger partial charge in [0.15, 0.2) is 0 Å². The van der Waals surface area contributed by atoms with Crippen LogP contribution in [0.2, 0.25) is 5.02 Å². The molecule has 0 unspecified atom stereocenters. The standard InChI is InChI=1S/C22H21ClN4O3/c1-14-4-3-5-17-15(2)12-20(24-21(14)17)25-8-10-26(11-9-25)22(28)16-6-7-18(23)19(13-16)27(29)30/h3-7,12-13H,8-11H2,1-2H3. The third-order valence-electron chi connectivity index (χ3n) is 5.52. The summed E-state index contributed by atoms with van der Waals surface area (Å²) < 4.78 is 0. The van der Waals surface area contributed by atoms with Crippen LogP contribution in [0.5, 0.6) is 0 Å². The largest absolute Gasteiger partial charge is 0.353 e. The van der Waals surface area contributed by atoms with Gasteiger partial charge in [-0.3, -0.25) is 14.9 Å². The molecule has 0 saturated carbocycles. The van der Waals surface area contributed by atoms with Crippen LogP contribution in [-0.4, -0.2) is 46.9 Å². The molecule has 7 nitrogen and oxygen atoms in total. The van der Waals surface area contributed by atoms with Crippen molar-refractivity contribution in [2.45, 2.75) is 13.8 Å². The van der Waals surface area contributed by atoms with Gasteiger partial charge in [-0.15, -0.1) is 0 Å². The molecule has 1 fully saturated rings. The molecule has 1 aromatic heterocycles. The number of para-hydroxylation sites is 1. The summed E-state index contributed by atoms with van der Waals surface area (Å²) in [5.41, 5.74) is 3.32. The normalized spacial score (nSPS) is 14.2. The molecule has 154 valence electrons. The highest BCUT2D eigenvalue weighted by Crippen LogP contribution is 2.27. The van der Waals surface area contributed by atoms with Crippen LogP contribution in [0.1, 0.15) is 21.5 Å². The van der Waals surface area contributed by atoms with E-state index in [9.17, 15) is 14.9 Å². The predicted molar refractivity (Wildman–Crippen MR) is 117 cm³/mol. The second kappa shape index (κ2) is 7.91. The van der Waals surface area contributed by atoms with Gasteiger partial charge in [-0.25, -0.2) is 4.98 Å². The molecule has 2 heterocycles. The number of halogens is 1. The minimum atomic E-state index is -0.577. The number of nitro benzene ring substituents is 1. The van der Waals surface area contributed by atoms with Gasteiger partial charge in [-0.1, -0.05) is 29.8 Å². The number of piperazine rings is 1. The number of benzene rings is 2. The van der Waals surface area contributed by atoms with Crippen molar-refractivity contribution in [1.82, 2.24) is 9.88 Å². The Labute approximate surface area is 179 Å². The second-order valence-electron chi connectivity index (χ2n) is 7.47. The lowest BCUT2D eigenvalue weighted by Crippen LogP contribution is -2.49. The molecule has 2 aromatic carbocycles. The van der Waals surface area contributed by atoms with Crippen LogP contribution >= 0.6 is 11.6 Å². The average Bonchev–Trinajstić information content (AvgIpc) is 2.74. The van der Waals surface area contributed by atoms with Gasteiger partial charge in [-0.05, 0) is 43.2 Å². The van der Waals surface area contributed by atoms with E-state index in [0.717, 1.165) is 22.3 Å². The maximum absolute atomic E-state index is 12.8. The first-order valence-electron chi connectivity index (χ1n) is 9.70. The number of fused-ring (bicyclic) bond motifs is 1. The zero-order chi connectivity index (χ0) is 21.4. The molecule has 0 radical (unpaired) electrons. The van der Waals surface area contributed by atoms with Crippen molar-refractivity contribution in [2.75, 3.05) is 31.1 Å². The fraction of sp³-hybridized carbons (Fsp3) is 0.273. The number of carbonyl (C=O) groups excluding carboxylic acids is 1. The van der Waals surface area contributed by atoms with E-state index in [1.807, 2.05) is 6.07 Å². The highest BCUT2D eigenvalue weighted by atomic mass is 35.5. The van der Waals surface area contributed by atoms with E-state index in [2.05, 4.69) is 36.9 Å². The van der Waals surface area contributed by atoms with E-state index in [0.29, 0.717) is 26.2 Å². The van der Waals surface area contributed by atoms with Gasteiger partial charge in [0.05, 0.1) is 10.4 Å². The third kappa shape index (κ3) is 3.68. The van der Waals surface area contributed by atoms with Crippen LogP contribution in [-0.2, 0) is 0 Å². The maximum Gasteiger partial charge on any atom is 0.288 e. The molecule has 4 rings (SSSR count). The third-order valence-corrected chi connectivity index (χ3v) is 5.83. The van der Waals surface area contributed by atoms with Crippen LogP contribution in [0.3, 0.4) is 0 Å². The number of aryl methyl sites for hydroxylation is 2. The number of nitro groups is 1. The summed E-state index contributed by atoms with van der Waals surface area (Å²) >= 11 is 5.85. The number of hydrogen-bond acceptors (Lipinski definition) is 5. The lowest BCUT2D eigenvalue weighted by molar-refractivity contribution is -0.384. The molecular formula is C22H21ClN4O3. The molecule has 0 bridgehead atoms. The van der Waals surface area contributed by atoms with Crippen molar-refractivity contribution < 1.29 is 9.72 Å². The Hall–Kier alpha value is -3.19. The van der Waals surface area contributed by atoms with Crippen LogP contribution in [0.4, 0.5) is 11.5 Å². The molecule has 0 aliphatic carbocycles. The monoisotopic (exact) mass is 424 g/mol. The number of nitrogens with zero attached hydrogens (tertiary/aromatic N) is 4. The summed E-state index contributed by atoms with van der Waals surface area (Å²) in [4.78, 5) is 32.1. The van der Waals surface area contributed by atoms with Gasteiger partial charge < -0.3 is 9.80 Å². The van der Waals surface area contributed by atoms with E-state index >= 15 is 0 Å². The lowest BCUT2D eigenvalue weighted by atomic mass is 10.1. The number of carbonyl (C=O) groups is 1. The van der Waals surface area contributed by atoms with Gasteiger partial charge in [0.25, 0.3) is 11.6 Å². The van der Waals surface area contributed by atoms with Gasteiger partial charge in [0.2, 0.25) is 0 Å². The van der Waals surface area contributed by atoms with E-state index in [1.54, 1.807) is 4.90 Å². The zero-order valence-corrected chi connectivity index (χ0v) is 17.5. The molecule has 30 heavy (non-hydrogen) atoms. The first kappa shape index (κ1) is 20.1. The Morgan fingerprint density at radius 2 is 1.80 bits per heavy atom. The lowest BCUT2D eigenvalue weighted by Gasteiger charge is -2.35. The highest BCUT2D eigenvalue weighted by molar-refractivity contribution is 6.32. The first-order chi connectivity index (χ1) is 14.3. The fourth-order valence-electron chi connectivity index (χ4n) is 3.81.